The number of carbonyl (C=O) groups is 1. The summed E-state index contributed by atoms with van der Waals surface area (Å²) in [6.07, 6.45) is -2.97. The van der Waals surface area contributed by atoms with Crippen LogP contribution in [0.3, 0.4) is 0 Å². The summed E-state index contributed by atoms with van der Waals surface area (Å²) in [6.45, 7) is 1.97. The Balaban J connectivity index is 1.19. The van der Waals surface area contributed by atoms with E-state index in [2.05, 4.69) is 34.6 Å². The number of carbonyl (C=O) groups excluding carboxylic acids is 1. The predicted octanol–water partition coefficient (Wildman–Crippen LogP) is 4.48. The van der Waals surface area contributed by atoms with Crippen LogP contribution < -0.4 is 5.32 Å². The highest BCUT2D eigenvalue weighted by molar-refractivity contribution is 5.80. The zero-order chi connectivity index (χ0) is 23.7. The number of hydrogen-bond donors (Lipinski definition) is 3. The van der Waals surface area contributed by atoms with E-state index >= 15 is 0 Å². The molecule has 172 valence electrons. The molecule has 2 unspecified atom stereocenters. The Morgan fingerprint density at radius 1 is 0.971 bits per heavy atom. The molecule has 3 aromatic carbocycles. The zero-order valence-electron chi connectivity index (χ0n) is 18.8. The van der Waals surface area contributed by atoms with Crippen molar-refractivity contribution in [1.29, 1.82) is 0 Å². The number of aliphatic hydroxyl groups is 2. The molecule has 0 saturated heterocycles. The fourth-order valence-corrected chi connectivity index (χ4v) is 4.60. The number of pyridine rings is 1. The Kier molecular flexibility index (Phi) is 6.01. The minimum atomic E-state index is -1.18. The van der Waals surface area contributed by atoms with E-state index in [-0.39, 0.29) is 19.1 Å². The van der Waals surface area contributed by atoms with Gasteiger partial charge in [0.2, 0.25) is 0 Å². The predicted molar refractivity (Wildman–Crippen MR) is 131 cm³/mol. The average molecular weight is 455 g/mol. The van der Waals surface area contributed by atoms with E-state index in [1.54, 1.807) is 12.1 Å². The number of alkyl carbamates (subject to hydrolysis) is 1. The Hall–Kier alpha value is -3.74. The van der Waals surface area contributed by atoms with Crippen LogP contribution in [-0.2, 0) is 4.74 Å². The van der Waals surface area contributed by atoms with Crippen LogP contribution in [0.4, 0.5) is 4.79 Å². The van der Waals surface area contributed by atoms with Crippen molar-refractivity contribution < 1.29 is 19.7 Å². The highest BCUT2D eigenvalue weighted by Crippen LogP contribution is 2.44. The number of nitrogens with zero attached hydrogens (tertiary/aromatic N) is 1. The third-order valence-electron chi connectivity index (χ3n) is 6.36. The highest BCUT2D eigenvalue weighted by Gasteiger charge is 2.29. The molecule has 0 saturated carbocycles. The SMILES string of the molecule is Cc1ccc2cc(C(O)C(O)CNC(=O)OCC3c4ccccc4-c4ccccc43)ccc2n1. The Bertz CT molecular complexity index is 1310. The molecule has 1 aliphatic carbocycles. The van der Waals surface area contributed by atoms with Crippen LogP contribution >= 0.6 is 0 Å². The number of aromatic nitrogens is 1. The minimum Gasteiger partial charge on any atom is -0.449 e. The summed E-state index contributed by atoms with van der Waals surface area (Å²) in [5.41, 5.74) is 6.87. The van der Waals surface area contributed by atoms with E-state index in [1.165, 1.54) is 0 Å². The van der Waals surface area contributed by atoms with Gasteiger partial charge in [-0.1, -0.05) is 60.7 Å². The molecule has 6 nitrogen and oxygen atoms in total. The first-order valence-electron chi connectivity index (χ1n) is 11.3. The summed E-state index contributed by atoms with van der Waals surface area (Å²) in [5.74, 6) is -0.0384. The van der Waals surface area contributed by atoms with Gasteiger partial charge in [-0.15, -0.1) is 0 Å². The molecule has 34 heavy (non-hydrogen) atoms. The van der Waals surface area contributed by atoms with Crippen molar-refractivity contribution in [2.24, 2.45) is 0 Å². The molecular weight excluding hydrogens is 428 g/mol. The van der Waals surface area contributed by atoms with Crippen LogP contribution in [0.2, 0.25) is 0 Å². The maximum Gasteiger partial charge on any atom is 0.407 e. The van der Waals surface area contributed by atoms with Crippen molar-refractivity contribution in [1.82, 2.24) is 10.3 Å². The van der Waals surface area contributed by atoms with E-state index in [0.29, 0.717) is 5.56 Å². The molecule has 0 spiro atoms. The van der Waals surface area contributed by atoms with Gasteiger partial charge < -0.3 is 20.3 Å². The molecule has 4 aromatic rings. The Morgan fingerprint density at radius 3 is 2.35 bits per heavy atom. The third-order valence-corrected chi connectivity index (χ3v) is 6.36. The van der Waals surface area contributed by atoms with Crippen molar-refractivity contribution >= 4 is 17.0 Å². The molecule has 1 aromatic heterocycles. The normalized spacial score (nSPS) is 14.3. The maximum absolute atomic E-state index is 12.4. The summed E-state index contributed by atoms with van der Waals surface area (Å²) < 4.78 is 5.49. The number of fused-ring (bicyclic) bond motifs is 4. The van der Waals surface area contributed by atoms with E-state index in [4.69, 9.17) is 4.74 Å². The van der Waals surface area contributed by atoms with Gasteiger partial charge in [0.15, 0.2) is 0 Å². The first kappa shape index (κ1) is 22.1. The van der Waals surface area contributed by atoms with Crippen molar-refractivity contribution in [3.05, 3.63) is 101 Å². The number of hydrogen-bond acceptors (Lipinski definition) is 5. The number of amides is 1. The van der Waals surface area contributed by atoms with E-state index in [9.17, 15) is 15.0 Å². The van der Waals surface area contributed by atoms with E-state index < -0.39 is 18.3 Å². The smallest absolute Gasteiger partial charge is 0.407 e. The quantitative estimate of drug-likeness (QED) is 0.400. The van der Waals surface area contributed by atoms with Gasteiger partial charge in [-0.05, 0) is 52.9 Å². The van der Waals surface area contributed by atoms with Crippen LogP contribution in [0.5, 0.6) is 0 Å². The fraction of sp³-hybridized carbons (Fsp3) is 0.214. The van der Waals surface area contributed by atoms with E-state index in [1.807, 2.05) is 49.4 Å². The lowest BCUT2D eigenvalue weighted by Gasteiger charge is -2.20. The van der Waals surface area contributed by atoms with E-state index in [0.717, 1.165) is 38.9 Å². The minimum absolute atomic E-state index is 0.0384. The molecule has 1 aliphatic rings. The Labute approximate surface area is 197 Å². The maximum atomic E-state index is 12.4. The number of ether oxygens (including phenoxy) is 1. The second kappa shape index (κ2) is 9.25. The van der Waals surface area contributed by atoms with Gasteiger partial charge >= 0.3 is 6.09 Å². The van der Waals surface area contributed by atoms with Crippen LogP contribution in [-0.4, -0.2) is 40.5 Å². The average Bonchev–Trinajstić information content (AvgIpc) is 3.19. The summed E-state index contributed by atoms with van der Waals surface area (Å²) in [5, 5.41) is 24.5. The van der Waals surface area contributed by atoms with Crippen molar-refractivity contribution in [2.45, 2.75) is 25.0 Å². The molecule has 3 N–H and O–H groups in total. The lowest BCUT2D eigenvalue weighted by molar-refractivity contribution is 0.0186. The first-order chi connectivity index (χ1) is 16.5. The Morgan fingerprint density at radius 2 is 1.65 bits per heavy atom. The lowest BCUT2D eigenvalue weighted by atomic mass is 9.98. The second-order valence-electron chi connectivity index (χ2n) is 8.62. The molecule has 0 aliphatic heterocycles. The van der Waals surface area contributed by atoms with Gasteiger partial charge in [0.05, 0.1) is 5.52 Å². The van der Waals surface area contributed by atoms with Crippen LogP contribution in [0, 0.1) is 6.92 Å². The number of nitrogens with one attached hydrogen (secondary N) is 1. The third kappa shape index (κ3) is 4.25. The number of aryl methyl sites for hydroxylation is 1. The zero-order valence-corrected chi connectivity index (χ0v) is 18.8. The number of aliphatic hydroxyl groups excluding tert-OH is 2. The van der Waals surface area contributed by atoms with Crippen LogP contribution in [0.25, 0.3) is 22.0 Å². The molecule has 6 heteroatoms. The summed E-state index contributed by atoms with van der Waals surface area (Å²) >= 11 is 0. The van der Waals surface area contributed by atoms with Gasteiger partial charge in [0.1, 0.15) is 18.8 Å². The standard InChI is InChI=1S/C28H26N2O4/c1-17-10-11-18-14-19(12-13-25(18)30-17)27(32)26(31)15-29-28(33)34-16-24-22-8-4-2-6-20(22)21-7-3-5-9-23(21)24/h2-14,24,26-27,31-32H,15-16H2,1H3,(H,29,33). The monoisotopic (exact) mass is 454 g/mol. The van der Waals surface area contributed by atoms with Gasteiger partial charge in [-0.2, -0.15) is 0 Å². The molecule has 0 fully saturated rings. The number of rotatable bonds is 6. The molecule has 0 bridgehead atoms. The first-order valence-corrected chi connectivity index (χ1v) is 11.3. The lowest BCUT2D eigenvalue weighted by Crippen LogP contribution is -2.36. The van der Waals surface area contributed by atoms with Crippen molar-refractivity contribution in [3.63, 3.8) is 0 Å². The van der Waals surface area contributed by atoms with Gasteiger partial charge in [-0.25, -0.2) is 4.79 Å². The second-order valence-corrected chi connectivity index (χ2v) is 8.62. The highest BCUT2D eigenvalue weighted by atomic mass is 16.5. The topological polar surface area (TPSA) is 91.7 Å². The van der Waals surface area contributed by atoms with Gasteiger partial charge in [0, 0.05) is 23.5 Å². The molecule has 2 atom stereocenters. The van der Waals surface area contributed by atoms with Crippen LogP contribution in [0.15, 0.2) is 78.9 Å². The fourth-order valence-electron chi connectivity index (χ4n) is 4.60. The molecule has 1 amide bonds. The van der Waals surface area contributed by atoms with Gasteiger partial charge in [-0.3, -0.25) is 4.98 Å². The largest absolute Gasteiger partial charge is 0.449 e. The van der Waals surface area contributed by atoms with Crippen molar-refractivity contribution in [3.8, 4) is 11.1 Å². The molecule has 1 heterocycles. The molecule has 0 radical (unpaired) electrons. The number of benzene rings is 3. The van der Waals surface area contributed by atoms with Crippen LogP contribution in [0.1, 0.15) is 34.4 Å². The molecule has 5 rings (SSSR count). The van der Waals surface area contributed by atoms with Gasteiger partial charge in [0.25, 0.3) is 0 Å². The summed E-state index contributed by atoms with van der Waals surface area (Å²) in [6, 6.07) is 25.4. The summed E-state index contributed by atoms with van der Waals surface area (Å²) in [4.78, 5) is 16.8. The van der Waals surface area contributed by atoms with Crippen molar-refractivity contribution in [2.75, 3.05) is 13.2 Å². The molecular formula is C28H26N2O4. The summed E-state index contributed by atoms with van der Waals surface area (Å²) in [7, 11) is 0.